The van der Waals surface area contributed by atoms with Crippen LogP contribution in [0.2, 0.25) is 5.02 Å². The smallest absolute Gasteiger partial charge is 0.307 e. The van der Waals surface area contributed by atoms with Crippen molar-refractivity contribution in [3.63, 3.8) is 0 Å². The third kappa shape index (κ3) is 4.75. The molecular weight excluding hydrogens is 238 g/mol. The Labute approximate surface area is 107 Å². The molecule has 0 aliphatic rings. The molecule has 0 spiro atoms. The molecule has 1 rings (SSSR count). The van der Waals surface area contributed by atoms with Gasteiger partial charge in [0.15, 0.2) is 0 Å². The maximum Gasteiger partial charge on any atom is 0.307 e. The predicted molar refractivity (Wildman–Crippen MR) is 69.1 cm³/mol. The Morgan fingerprint density at radius 2 is 2.18 bits per heavy atom. The van der Waals surface area contributed by atoms with Crippen molar-refractivity contribution in [2.45, 2.75) is 32.4 Å². The first kappa shape index (κ1) is 14.0. The molecule has 17 heavy (non-hydrogen) atoms. The number of carbonyl (C=O) groups excluding carboxylic acids is 1. The molecule has 0 fully saturated rings. The highest BCUT2D eigenvalue weighted by Crippen LogP contribution is 2.18. The Morgan fingerprint density at radius 1 is 1.47 bits per heavy atom. The lowest BCUT2D eigenvalue weighted by Crippen LogP contribution is -2.31. The van der Waals surface area contributed by atoms with Gasteiger partial charge in [0.05, 0.1) is 13.5 Å². The molecular formula is C13H18ClNO2. The highest BCUT2D eigenvalue weighted by molar-refractivity contribution is 6.30. The van der Waals surface area contributed by atoms with Gasteiger partial charge in [0, 0.05) is 17.1 Å². The lowest BCUT2D eigenvalue weighted by molar-refractivity contribution is -0.141. The second-order valence-corrected chi connectivity index (χ2v) is 4.56. The minimum atomic E-state index is -0.205. The van der Waals surface area contributed by atoms with Gasteiger partial charge in [0.25, 0.3) is 0 Å². The summed E-state index contributed by atoms with van der Waals surface area (Å²) in [7, 11) is 1.40. The van der Waals surface area contributed by atoms with Crippen molar-refractivity contribution < 1.29 is 9.53 Å². The molecule has 0 aliphatic carbocycles. The monoisotopic (exact) mass is 255 g/mol. The van der Waals surface area contributed by atoms with Crippen molar-refractivity contribution in [3.8, 4) is 0 Å². The fraction of sp³-hybridized carbons (Fsp3) is 0.462. The molecule has 0 saturated carbocycles. The van der Waals surface area contributed by atoms with Crippen molar-refractivity contribution in [1.82, 2.24) is 5.32 Å². The molecule has 1 N–H and O–H groups in total. The number of hydrogen-bond donors (Lipinski definition) is 1. The zero-order valence-corrected chi connectivity index (χ0v) is 11.1. The van der Waals surface area contributed by atoms with E-state index < -0.39 is 0 Å². The average molecular weight is 256 g/mol. The maximum absolute atomic E-state index is 11.1. The third-order valence-electron chi connectivity index (χ3n) is 2.58. The minimum Gasteiger partial charge on any atom is -0.469 e. The summed E-state index contributed by atoms with van der Waals surface area (Å²) in [5.74, 6) is -0.205. The highest BCUT2D eigenvalue weighted by Gasteiger charge is 2.13. The SMILES string of the molecule is COC(=O)CC(C)N[C@@H](C)c1cccc(Cl)c1. The zero-order valence-electron chi connectivity index (χ0n) is 10.4. The van der Waals surface area contributed by atoms with E-state index in [9.17, 15) is 4.79 Å². The number of ether oxygens (including phenoxy) is 1. The Bertz CT molecular complexity index is 381. The van der Waals surface area contributed by atoms with Crippen molar-refractivity contribution >= 4 is 17.6 Å². The van der Waals surface area contributed by atoms with Crippen LogP contribution >= 0.6 is 11.6 Å². The van der Waals surface area contributed by atoms with Crippen molar-refractivity contribution in [3.05, 3.63) is 34.9 Å². The Hall–Kier alpha value is -1.06. The van der Waals surface area contributed by atoms with Crippen LogP contribution in [0, 0.1) is 0 Å². The van der Waals surface area contributed by atoms with E-state index in [0.29, 0.717) is 6.42 Å². The quantitative estimate of drug-likeness (QED) is 0.822. The Balaban J connectivity index is 2.54. The van der Waals surface area contributed by atoms with E-state index >= 15 is 0 Å². The number of benzene rings is 1. The topological polar surface area (TPSA) is 38.3 Å². The first-order valence-electron chi connectivity index (χ1n) is 5.61. The number of methoxy groups -OCH3 is 1. The first-order chi connectivity index (χ1) is 8.02. The van der Waals surface area contributed by atoms with E-state index in [0.717, 1.165) is 10.6 Å². The van der Waals surface area contributed by atoms with Gasteiger partial charge in [-0.25, -0.2) is 0 Å². The Morgan fingerprint density at radius 3 is 2.76 bits per heavy atom. The number of hydrogen-bond acceptors (Lipinski definition) is 3. The molecule has 0 aromatic heterocycles. The van der Waals surface area contributed by atoms with Gasteiger partial charge in [0.2, 0.25) is 0 Å². The summed E-state index contributed by atoms with van der Waals surface area (Å²) in [6.07, 6.45) is 0.363. The average Bonchev–Trinajstić information content (AvgIpc) is 2.28. The van der Waals surface area contributed by atoms with Crippen molar-refractivity contribution in [2.75, 3.05) is 7.11 Å². The summed E-state index contributed by atoms with van der Waals surface area (Å²) in [6.45, 7) is 4.00. The van der Waals surface area contributed by atoms with Gasteiger partial charge in [-0.2, -0.15) is 0 Å². The molecule has 0 heterocycles. The molecule has 0 radical (unpaired) electrons. The molecule has 1 unspecified atom stereocenters. The lowest BCUT2D eigenvalue weighted by Gasteiger charge is -2.19. The van der Waals surface area contributed by atoms with Crippen LogP contribution in [0.5, 0.6) is 0 Å². The van der Waals surface area contributed by atoms with Gasteiger partial charge >= 0.3 is 5.97 Å². The van der Waals surface area contributed by atoms with Crippen molar-refractivity contribution in [1.29, 1.82) is 0 Å². The molecule has 1 aromatic rings. The van der Waals surface area contributed by atoms with Crippen LogP contribution < -0.4 is 5.32 Å². The van der Waals surface area contributed by atoms with E-state index in [2.05, 4.69) is 10.1 Å². The summed E-state index contributed by atoms with van der Waals surface area (Å²) >= 11 is 5.93. The van der Waals surface area contributed by atoms with Gasteiger partial charge in [-0.3, -0.25) is 4.79 Å². The van der Waals surface area contributed by atoms with E-state index in [4.69, 9.17) is 11.6 Å². The standard InChI is InChI=1S/C13H18ClNO2/c1-9(7-13(16)17-3)15-10(2)11-5-4-6-12(14)8-11/h4-6,8-10,15H,7H2,1-3H3/t9?,10-/m0/s1. The Kier molecular flexibility index (Phi) is 5.45. The molecule has 94 valence electrons. The van der Waals surface area contributed by atoms with Crippen LogP contribution in [0.25, 0.3) is 0 Å². The number of halogens is 1. The van der Waals surface area contributed by atoms with Crippen LogP contribution in [0.15, 0.2) is 24.3 Å². The molecule has 0 bridgehead atoms. The van der Waals surface area contributed by atoms with Gasteiger partial charge in [-0.1, -0.05) is 23.7 Å². The van der Waals surface area contributed by atoms with E-state index in [1.54, 1.807) is 0 Å². The van der Waals surface area contributed by atoms with Gasteiger partial charge in [-0.05, 0) is 31.5 Å². The molecule has 2 atom stereocenters. The fourth-order valence-electron chi connectivity index (χ4n) is 1.69. The van der Waals surface area contributed by atoms with Gasteiger partial charge < -0.3 is 10.1 Å². The minimum absolute atomic E-state index is 0.0661. The summed E-state index contributed by atoms with van der Waals surface area (Å²) in [5.41, 5.74) is 1.11. The summed E-state index contributed by atoms with van der Waals surface area (Å²) in [6, 6.07) is 7.90. The van der Waals surface area contributed by atoms with E-state index in [1.807, 2.05) is 38.1 Å². The number of rotatable bonds is 5. The molecule has 1 aromatic carbocycles. The number of nitrogens with one attached hydrogen (secondary N) is 1. The first-order valence-corrected chi connectivity index (χ1v) is 5.99. The van der Waals surface area contributed by atoms with Gasteiger partial charge in [-0.15, -0.1) is 0 Å². The van der Waals surface area contributed by atoms with Crippen LogP contribution in [-0.2, 0) is 9.53 Å². The highest BCUT2D eigenvalue weighted by atomic mass is 35.5. The summed E-state index contributed by atoms with van der Waals surface area (Å²) in [5, 5.41) is 4.05. The van der Waals surface area contributed by atoms with Crippen LogP contribution in [0.4, 0.5) is 0 Å². The normalized spacial score (nSPS) is 14.1. The van der Waals surface area contributed by atoms with E-state index in [1.165, 1.54) is 7.11 Å². The van der Waals surface area contributed by atoms with Crippen molar-refractivity contribution in [2.24, 2.45) is 0 Å². The number of carbonyl (C=O) groups is 1. The van der Waals surface area contributed by atoms with Crippen LogP contribution in [0.3, 0.4) is 0 Å². The predicted octanol–water partition coefficient (Wildman–Crippen LogP) is 2.94. The van der Waals surface area contributed by atoms with Crippen LogP contribution in [0.1, 0.15) is 31.9 Å². The summed E-state index contributed by atoms with van der Waals surface area (Å²) in [4.78, 5) is 11.1. The fourth-order valence-corrected chi connectivity index (χ4v) is 1.89. The second-order valence-electron chi connectivity index (χ2n) is 4.12. The lowest BCUT2D eigenvalue weighted by atomic mass is 10.1. The molecule has 0 saturated heterocycles. The number of esters is 1. The van der Waals surface area contributed by atoms with Gasteiger partial charge in [0.1, 0.15) is 0 Å². The molecule has 3 nitrogen and oxygen atoms in total. The largest absolute Gasteiger partial charge is 0.469 e. The summed E-state index contributed by atoms with van der Waals surface area (Å²) < 4.78 is 4.63. The zero-order chi connectivity index (χ0) is 12.8. The van der Waals surface area contributed by atoms with E-state index in [-0.39, 0.29) is 18.1 Å². The molecule has 4 heteroatoms. The molecule has 0 aliphatic heterocycles. The van der Waals surface area contributed by atoms with Crippen LogP contribution in [-0.4, -0.2) is 19.1 Å². The third-order valence-corrected chi connectivity index (χ3v) is 2.82. The maximum atomic E-state index is 11.1. The molecule has 0 amide bonds. The second kappa shape index (κ2) is 6.62.